The van der Waals surface area contributed by atoms with Crippen molar-refractivity contribution in [1.82, 2.24) is 0 Å². The molecule has 1 aliphatic heterocycles. The molecule has 2 rings (SSSR count). The molecule has 3 nitrogen and oxygen atoms in total. The van der Waals surface area contributed by atoms with Crippen LogP contribution in [0.1, 0.15) is 37.7 Å². The number of hydrogen-bond acceptors (Lipinski definition) is 2. The minimum Gasteiger partial charge on any atom is -0.330 e. The van der Waals surface area contributed by atoms with Gasteiger partial charge >= 0.3 is 0 Å². The molecule has 0 saturated carbocycles. The van der Waals surface area contributed by atoms with Gasteiger partial charge in [-0.25, -0.2) is 0 Å². The molecule has 18 heavy (non-hydrogen) atoms. The summed E-state index contributed by atoms with van der Waals surface area (Å²) in [6.07, 6.45) is 5.84. The molecule has 1 aromatic rings. The third kappa shape index (κ3) is 3.10. The number of para-hydroxylation sites is 1. The fourth-order valence-electron chi connectivity index (χ4n) is 2.52. The molecule has 98 valence electrons. The molecule has 2 N–H and O–H groups in total. The molecular formula is C15H22N2O. The van der Waals surface area contributed by atoms with Crippen LogP contribution in [0.15, 0.2) is 24.3 Å². The second-order valence-corrected chi connectivity index (χ2v) is 4.88. The predicted molar refractivity (Wildman–Crippen MR) is 74.6 cm³/mol. The van der Waals surface area contributed by atoms with Crippen molar-refractivity contribution in [2.45, 2.75) is 38.5 Å². The number of nitrogens with two attached hydrogens (primary N) is 1. The highest BCUT2D eigenvalue weighted by Gasteiger charge is 2.20. The van der Waals surface area contributed by atoms with Crippen LogP contribution in [0.25, 0.3) is 0 Å². The molecule has 1 heterocycles. The van der Waals surface area contributed by atoms with Gasteiger partial charge in [-0.2, -0.15) is 0 Å². The van der Waals surface area contributed by atoms with E-state index in [0.717, 1.165) is 50.9 Å². The van der Waals surface area contributed by atoms with E-state index in [2.05, 4.69) is 18.2 Å². The van der Waals surface area contributed by atoms with Gasteiger partial charge in [0.1, 0.15) is 0 Å². The van der Waals surface area contributed by atoms with E-state index < -0.39 is 0 Å². The minimum absolute atomic E-state index is 0.271. The third-order valence-corrected chi connectivity index (χ3v) is 3.51. The lowest BCUT2D eigenvalue weighted by molar-refractivity contribution is -0.118. The Hall–Kier alpha value is -1.35. The Bertz CT molecular complexity index is 403. The first-order valence-electron chi connectivity index (χ1n) is 6.91. The van der Waals surface area contributed by atoms with E-state index in [4.69, 9.17) is 5.73 Å². The molecule has 0 fully saturated rings. The molecule has 0 spiro atoms. The van der Waals surface area contributed by atoms with Crippen LogP contribution in [0.3, 0.4) is 0 Å². The first-order chi connectivity index (χ1) is 8.83. The summed E-state index contributed by atoms with van der Waals surface area (Å²) in [6.45, 7) is 1.57. The van der Waals surface area contributed by atoms with Crippen molar-refractivity contribution in [3.05, 3.63) is 29.8 Å². The molecule has 0 bridgehead atoms. The lowest BCUT2D eigenvalue weighted by Gasteiger charge is -2.23. The molecule has 0 atom stereocenters. The maximum Gasteiger partial charge on any atom is 0.226 e. The second-order valence-electron chi connectivity index (χ2n) is 4.88. The van der Waals surface area contributed by atoms with E-state index in [9.17, 15) is 4.79 Å². The van der Waals surface area contributed by atoms with Crippen LogP contribution in [0.4, 0.5) is 5.69 Å². The van der Waals surface area contributed by atoms with Crippen LogP contribution in [0, 0.1) is 0 Å². The molecular weight excluding hydrogens is 224 g/mol. The molecule has 1 aliphatic rings. The van der Waals surface area contributed by atoms with E-state index >= 15 is 0 Å². The SMILES string of the molecule is NCCCCCN1C(=O)CCCc2ccccc21. The van der Waals surface area contributed by atoms with Crippen molar-refractivity contribution < 1.29 is 4.79 Å². The molecule has 1 amide bonds. The lowest BCUT2D eigenvalue weighted by Crippen LogP contribution is -2.31. The maximum absolute atomic E-state index is 12.1. The van der Waals surface area contributed by atoms with Crippen molar-refractivity contribution in [2.24, 2.45) is 5.73 Å². The fraction of sp³-hybridized carbons (Fsp3) is 0.533. The normalized spacial score (nSPS) is 15.4. The van der Waals surface area contributed by atoms with Crippen molar-refractivity contribution >= 4 is 11.6 Å². The van der Waals surface area contributed by atoms with E-state index in [0.29, 0.717) is 6.42 Å². The molecule has 0 aliphatic carbocycles. The second kappa shape index (κ2) is 6.55. The van der Waals surface area contributed by atoms with Gasteiger partial charge in [-0.15, -0.1) is 0 Å². The van der Waals surface area contributed by atoms with Crippen LogP contribution in [0.5, 0.6) is 0 Å². The Labute approximate surface area is 109 Å². The fourth-order valence-corrected chi connectivity index (χ4v) is 2.52. The van der Waals surface area contributed by atoms with Gasteiger partial charge in [-0.1, -0.05) is 24.6 Å². The zero-order valence-electron chi connectivity index (χ0n) is 10.9. The summed E-state index contributed by atoms with van der Waals surface area (Å²) in [5.74, 6) is 0.271. The number of carbonyl (C=O) groups excluding carboxylic acids is 1. The van der Waals surface area contributed by atoms with Gasteiger partial charge in [0.25, 0.3) is 0 Å². The standard InChI is InChI=1S/C15H22N2O/c16-11-4-1-5-12-17-14-9-3-2-7-13(14)8-6-10-15(17)18/h2-3,7,9H,1,4-6,8,10-12,16H2. The average Bonchev–Trinajstić information content (AvgIpc) is 2.54. The topological polar surface area (TPSA) is 46.3 Å². The predicted octanol–water partition coefficient (Wildman–Crippen LogP) is 2.48. The van der Waals surface area contributed by atoms with Crippen molar-refractivity contribution in [2.75, 3.05) is 18.0 Å². The van der Waals surface area contributed by atoms with Gasteiger partial charge in [0.15, 0.2) is 0 Å². The summed E-state index contributed by atoms with van der Waals surface area (Å²) < 4.78 is 0. The summed E-state index contributed by atoms with van der Waals surface area (Å²) >= 11 is 0. The van der Waals surface area contributed by atoms with Gasteiger partial charge in [-0.05, 0) is 43.9 Å². The number of benzene rings is 1. The number of aryl methyl sites for hydroxylation is 1. The van der Waals surface area contributed by atoms with Crippen molar-refractivity contribution in [3.8, 4) is 0 Å². The highest BCUT2D eigenvalue weighted by molar-refractivity contribution is 5.94. The molecule has 3 heteroatoms. The summed E-state index contributed by atoms with van der Waals surface area (Å²) in [7, 11) is 0. The number of hydrogen-bond donors (Lipinski definition) is 1. The minimum atomic E-state index is 0.271. The van der Waals surface area contributed by atoms with Crippen molar-refractivity contribution in [3.63, 3.8) is 0 Å². The van der Waals surface area contributed by atoms with Crippen molar-refractivity contribution in [1.29, 1.82) is 0 Å². The van der Waals surface area contributed by atoms with Crippen LogP contribution < -0.4 is 10.6 Å². The number of anilines is 1. The van der Waals surface area contributed by atoms with Crippen LogP contribution in [-0.2, 0) is 11.2 Å². The van der Waals surface area contributed by atoms with Gasteiger partial charge in [0, 0.05) is 18.7 Å². The Kier molecular flexibility index (Phi) is 4.76. The smallest absolute Gasteiger partial charge is 0.226 e. The molecule has 0 unspecified atom stereocenters. The summed E-state index contributed by atoms with van der Waals surface area (Å²) in [5, 5.41) is 0. The highest BCUT2D eigenvalue weighted by Crippen LogP contribution is 2.26. The zero-order chi connectivity index (χ0) is 12.8. The maximum atomic E-state index is 12.1. The Balaban J connectivity index is 2.08. The molecule has 0 aromatic heterocycles. The molecule has 0 saturated heterocycles. The van der Waals surface area contributed by atoms with E-state index in [1.54, 1.807) is 0 Å². The van der Waals surface area contributed by atoms with Crippen LogP contribution in [0.2, 0.25) is 0 Å². The Morgan fingerprint density at radius 1 is 1.11 bits per heavy atom. The number of rotatable bonds is 5. The van der Waals surface area contributed by atoms with Gasteiger partial charge in [0.2, 0.25) is 5.91 Å². The summed E-state index contributed by atoms with van der Waals surface area (Å²) in [6, 6.07) is 8.29. The Morgan fingerprint density at radius 2 is 1.94 bits per heavy atom. The molecule has 0 radical (unpaired) electrons. The monoisotopic (exact) mass is 246 g/mol. The summed E-state index contributed by atoms with van der Waals surface area (Å²) in [4.78, 5) is 14.1. The van der Waals surface area contributed by atoms with E-state index in [-0.39, 0.29) is 5.91 Å². The van der Waals surface area contributed by atoms with Gasteiger partial charge in [-0.3, -0.25) is 4.79 Å². The van der Waals surface area contributed by atoms with Gasteiger partial charge in [0.05, 0.1) is 0 Å². The zero-order valence-corrected chi connectivity index (χ0v) is 10.9. The van der Waals surface area contributed by atoms with E-state index in [1.165, 1.54) is 5.56 Å². The Morgan fingerprint density at radius 3 is 2.78 bits per heavy atom. The largest absolute Gasteiger partial charge is 0.330 e. The lowest BCUT2D eigenvalue weighted by atomic mass is 10.1. The van der Waals surface area contributed by atoms with Gasteiger partial charge < -0.3 is 10.6 Å². The first kappa shape index (κ1) is 13.1. The quantitative estimate of drug-likeness (QED) is 0.811. The molecule has 1 aromatic carbocycles. The van der Waals surface area contributed by atoms with Crippen LogP contribution >= 0.6 is 0 Å². The highest BCUT2D eigenvalue weighted by atomic mass is 16.2. The first-order valence-corrected chi connectivity index (χ1v) is 6.91. The van der Waals surface area contributed by atoms with Crippen LogP contribution in [-0.4, -0.2) is 19.0 Å². The van der Waals surface area contributed by atoms with E-state index in [1.807, 2.05) is 11.0 Å². The number of unbranched alkanes of at least 4 members (excludes halogenated alkanes) is 2. The number of carbonyl (C=O) groups is 1. The number of nitrogens with zero attached hydrogens (tertiary/aromatic N) is 1. The average molecular weight is 246 g/mol. The number of amides is 1. The number of fused-ring (bicyclic) bond motifs is 1. The summed E-state index contributed by atoms with van der Waals surface area (Å²) in [5.41, 5.74) is 7.92. The third-order valence-electron chi connectivity index (χ3n) is 3.51.